The van der Waals surface area contributed by atoms with Crippen molar-refractivity contribution in [1.82, 2.24) is 0 Å². The summed E-state index contributed by atoms with van der Waals surface area (Å²) in [6, 6.07) is 9.63. The number of carbonyl (C=O) groups excluding carboxylic acids is 1. The van der Waals surface area contributed by atoms with Crippen LogP contribution in [0.5, 0.6) is 0 Å². The molecule has 156 valence electrons. The molecule has 1 aromatic heterocycles. The molecule has 6 heteroatoms. The molecule has 0 unspecified atom stereocenters. The predicted octanol–water partition coefficient (Wildman–Crippen LogP) is 6.55. The zero-order chi connectivity index (χ0) is 20.9. The number of nitro benzene ring substituents is 1. The number of esters is 1. The van der Waals surface area contributed by atoms with Crippen molar-refractivity contribution in [1.29, 1.82) is 0 Å². The van der Waals surface area contributed by atoms with Crippen molar-refractivity contribution in [2.75, 3.05) is 6.61 Å². The van der Waals surface area contributed by atoms with Gasteiger partial charge in [-0.25, -0.2) is 4.79 Å². The van der Waals surface area contributed by atoms with E-state index in [-0.39, 0.29) is 5.69 Å². The van der Waals surface area contributed by atoms with Gasteiger partial charge < -0.3 is 9.15 Å². The van der Waals surface area contributed by atoms with E-state index in [9.17, 15) is 14.9 Å². The Morgan fingerprint density at radius 3 is 2.52 bits per heavy atom. The minimum atomic E-state index is -0.449. The maximum Gasteiger partial charge on any atom is 0.330 e. The molecule has 0 spiro atoms. The van der Waals surface area contributed by atoms with Crippen LogP contribution in [0.2, 0.25) is 0 Å². The quantitative estimate of drug-likeness (QED) is 0.125. The van der Waals surface area contributed by atoms with Gasteiger partial charge in [-0.05, 0) is 24.6 Å². The van der Waals surface area contributed by atoms with Gasteiger partial charge in [0.25, 0.3) is 5.69 Å². The van der Waals surface area contributed by atoms with Crippen molar-refractivity contribution < 1.29 is 18.9 Å². The summed E-state index contributed by atoms with van der Waals surface area (Å²) in [7, 11) is 0. The molecule has 6 nitrogen and oxygen atoms in total. The minimum absolute atomic E-state index is 0.000490. The minimum Gasteiger partial charge on any atom is -0.463 e. The Labute approximate surface area is 171 Å². The fraction of sp³-hybridized carbons (Fsp3) is 0.435. The zero-order valence-electron chi connectivity index (χ0n) is 17.0. The summed E-state index contributed by atoms with van der Waals surface area (Å²) in [5.74, 6) is 0.581. The second kappa shape index (κ2) is 12.5. The summed E-state index contributed by atoms with van der Waals surface area (Å²) < 4.78 is 10.8. The maximum absolute atomic E-state index is 11.8. The summed E-state index contributed by atoms with van der Waals surface area (Å²) in [4.78, 5) is 22.2. The van der Waals surface area contributed by atoms with Gasteiger partial charge >= 0.3 is 5.97 Å². The highest BCUT2D eigenvalue weighted by Crippen LogP contribution is 2.26. The number of ether oxygens (including phenoxy) is 1. The van der Waals surface area contributed by atoms with Crippen molar-refractivity contribution in [2.24, 2.45) is 0 Å². The van der Waals surface area contributed by atoms with Gasteiger partial charge in [0.2, 0.25) is 0 Å². The van der Waals surface area contributed by atoms with Crippen LogP contribution in [0, 0.1) is 10.1 Å². The molecule has 0 radical (unpaired) electrons. The molecule has 2 aromatic rings. The molecule has 0 atom stereocenters. The van der Waals surface area contributed by atoms with Gasteiger partial charge in [0.15, 0.2) is 0 Å². The first-order chi connectivity index (χ1) is 14.1. The fourth-order valence-electron chi connectivity index (χ4n) is 2.98. The number of furan rings is 1. The van der Waals surface area contributed by atoms with E-state index in [0.29, 0.717) is 23.7 Å². The molecule has 0 bridgehead atoms. The van der Waals surface area contributed by atoms with Crippen molar-refractivity contribution in [2.45, 2.75) is 58.3 Å². The molecule has 0 aliphatic carbocycles. The highest BCUT2D eigenvalue weighted by atomic mass is 16.6. The van der Waals surface area contributed by atoms with Crippen LogP contribution in [0.4, 0.5) is 5.69 Å². The number of nitrogens with zero attached hydrogens (tertiary/aromatic N) is 1. The lowest BCUT2D eigenvalue weighted by molar-refractivity contribution is -0.384. The van der Waals surface area contributed by atoms with E-state index in [1.54, 1.807) is 24.3 Å². The normalized spacial score (nSPS) is 11.1. The van der Waals surface area contributed by atoms with Crippen LogP contribution in [0.25, 0.3) is 17.4 Å². The number of hydrogen-bond donors (Lipinski definition) is 0. The molecule has 0 aliphatic heterocycles. The predicted molar refractivity (Wildman–Crippen MR) is 113 cm³/mol. The van der Waals surface area contributed by atoms with E-state index < -0.39 is 10.9 Å². The first-order valence-corrected chi connectivity index (χ1v) is 10.3. The van der Waals surface area contributed by atoms with Crippen LogP contribution in [-0.2, 0) is 9.53 Å². The third-order valence-electron chi connectivity index (χ3n) is 4.59. The number of rotatable bonds is 13. The largest absolute Gasteiger partial charge is 0.463 e. The van der Waals surface area contributed by atoms with E-state index in [2.05, 4.69) is 6.92 Å². The Morgan fingerprint density at radius 2 is 1.79 bits per heavy atom. The van der Waals surface area contributed by atoms with Crippen molar-refractivity contribution >= 4 is 17.7 Å². The van der Waals surface area contributed by atoms with Crippen LogP contribution >= 0.6 is 0 Å². The summed E-state index contributed by atoms with van der Waals surface area (Å²) in [6.45, 7) is 2.64. The lowest BCUT2D eigenvalue weighted by Crippen LogP contribution is -2.02. The second-order valence-corrected chi connectivity index (χ2v) is 6.99. The third kappa shape index (κ3) is 8.34. The van der Waals surface area contributed by atoms with E-state index in [1.165, 1.54) is 62.8 Å². The summed E-state index contributed by atoms with van der Waals surface area (Å²) >= 11 is 0. The Morgan fingerprint density at radius 1 is 1.07 bits per heavy atom. The number of benzene rings is 1. The van der Waals surface area contributed by atoms with Crippen molar-refractivity contribution in [3.05, 3.63) is 58.3 Å². The van der Waals surface area contributed by atoms with Crippen molar-refractivity contribution in [3.8, 4) is 11.3 Å². The Balaban J connectivity index is 1.70. The fourth-order valence-corrected chi connectivity index (χ4v) is 2.98. The maximum atomic E-state index is 11.8. The van der Waals surface area contributed by atoms with Gasteiger partial charge in [-0.2, -0.15) is 0 Å². The molecule has 29 heavy (non-hydrogen) atoms. The molecule has 2 rings (SSSR count). The molecule has 1 heterocycles. The molecular weight excluding hydrogens is 370 g/mol. The summed E-state index contributed by atoms with van der Waals surface area (Å²) in [5, 5.41) is 10.9. The topological polar surface area (TPSA) is 82.6 Å². The number of carbonyl (C=O) groups is 1. The highest BCUT2D eigenvalue weighted by molar-refractivity contribution is 5.86. The number of hydrogen-bond acceptors (Lipinski definition) is 5. The van der Waals surface area contributed by atoms with Gasteiger partial charge in [-0.1, -0.05) is 64.0 Å². The molecule has 0 aliphatic rings. The number of unbranched alkanes of at least 4 members (excludes halogenated alkanes) is 7. The second-order valence-electron chi connectivity index (χ2n) is 6.99. The molecule has 0 amide bonds. The Bertz CT molecular complexity index is 809. The average Bonchev–Trinajstić information content (AvgIpc) is 3.20. The van der Waals surface area contributed by atoms with Crippen LogP contribution in [0.3, 0.4) is 0 Å². The van der Waals surface area contributed by atoms with Gasteiger partial charge in [0.1, 0.15) is 11.5 Å². The number of non-ortho nitro benzene ring substituents is 1. The lowest BCUT2D eigenvalue weighted by atomic mass is 10.1. The molecule has 0 fully saturated rings. The number of nitro groups is 1. The average molecular weight is 399 g/mol. The van der Waals surface area contributed by atoms with Gasteiger partial charge in [-0.3, -0.25) is 10.1 Å². The monoisotopic (exact) mass is 399 g/mol. The molecule has 0 saturated carbocycles. The highest BCUT2D eigenvalue weighted by Gasteiger charge is 2.09. The van der Waals surface area contributed by atoms with Crippen LogP contribution in [-0.4, -0.2) is 17.5 Å². The van der Waals surface area contributed by atoms with Gasteiger partial charge in [0, 0.05) is 23.8 Å². The molecule has 0 saturated heterocycles. The molecular formula is C23H29NO5. The zero-order valence-corrected chi connectivity index (χ0v) is 17.0. The molecule has 1 aromatic carbocycles. The van der Waals surface area contributed by atoms with Crippen LogP contribution < -0.4 is 0 Å². The van der Waals surface area contributed by atoms with E-state index in [4.69, 9.17) is 9.15 Å². The first-order valence-electron chi connectivity index (χ1n) is 10.3. The SMILES string of the molecule is CCCCCCCCCCOC(=O)/C=C/c1ccc(-c2cccc([N+](=O)[O-])c2)o1. The molecule has 0 N–H and O–H groups in total. The van der Waals surface area contributed by atoms with E-state index in [1.807, 2.05) is 0 Å². The van der Waals surface area contributed by atoms with Gasteiger partial charge in [0.05, 0.1) is 11.5 Å². The van der Waals surface area contributed by atoms with E-state index in [0.717, 1.165) is 12.8 Å². The van der Waals surface area contributed by atoms with Crippen LogP contribution in [0.15, 0.2) is 46.9 Å². The third-order valence-corrected chi connectivity index (χ3v) is 4.59. The lowest BCUT2D eigenvalue weighted by Gasteiger charge is -2.02. The van der Waals surface area contributed by atoms with Crippen LogP contribution in [0.1, 0.15) is 64.1 Å². The van der Waals surface area contributed by atoms with Gasteiger partial charge in [-0.15, -0.1) is 0 Å². The van der Waals surface area contributed by atoms with Crippen molar-refractivity contribution in [3.63, 3.8) is 0 Å². The van der Waals surface area contributed by atoms with E-state index >= 15 is 0 Å². The summed E-state index contributed by atoms with van der Waals surface area (Å²) in [6.07, 6.45) is 12.4. The Hall–Kier alpha value is -2.89. The smallest absolute Gasteiger partial charge is 0.330 e. The first kappa shape index (κ1) is 22.4. The Kier molecular flexibility index (Phi) is 9.69. The standard InChI is InChI=1S/C23H29NO5/c1-2-3-4-5-6-7-8-9-17-28-23(25)16-14-21-13-15-22(29-21)19-11-10-12-20(18-19)24(26)27/h10-16,18H,2-9,17H2,1H3/b16-14+. The summed E-state index contributed by atoms with van der Waals surface area (Å²) in [5.41, 5.74) is 0.608.